The van der Waals surface area contributed by atoms with Crippen molar-refractivity contribution in [3.63, 3.8) is 0 Å². The van der Waals surface area contributed by atoms with Crippen LogP contribution >= 0.6 is 0 Å². The Morgan fingerprint density at radius 3 is 2.63 bits per heavy atom. The maximum absolute atomic E-state index is 13.6. The second kappa shape index (κ2) is 10.9. The molecule has 1 aromatic carbocycles. The number of H-pyrrole nitrogens is 1. The fourth-order valence-corrected chi connectivity index (χ4v) is 3.51. The highest BCUT2D eigenvalue weighted by Gasteiger charge is 2.35. The summed E-state index contributed by atoms with van der Waals surface area (Å²) in [5.41, 5.74) is 2.01. The van der Waals surface area contributed by atoms with Gasteiger partial charge in [-0.25, -0.2) is 14.4 Å². The molecule has 11 heteroatoms. The SMILES string of the molecule is COCCOc1nccc(-c2[nH]c(C3OCC(C)(CNC(C)=O)CO3)nc2-c2ccc(F)cc2)n1. The molecule has 0 bridgehead atoms. The van der Waals surface area contributed by atoms with Crippen molar-refractivity contribution in [1.82, 2.24) is 25.3 Å². The topological polar surface area (TPSA) is 120 Å². The van der Waals surface area contributed by atoms with E-state index in [1.165, 1.54) is 19.1 Å². The van der Waals surface area contributed by atoms with Gasteiger partial charge in [-0.15, -0.1) is 0 Å². The minimum absolute atomic E-state index is 0.108. The van der Waals surface area contributed by atoms with Crippen molar-refractivity contribution < 1.29 is 28.1 Å². The van der Waals surface area contributed by atoms with Gasteiger partial charge in [0.15, 0.2) is 5.82 Å². The summed E-state index contributed by atoms with van der Waals surface area (Å²) in [5.74, 6) is -0.0101. The molecule has 10 nitrogen and oxygen atoms in total. The number of aromatic amines is 1. The summed E-state index contributed by atoms with van der Waals surface area (Å²) in [7, 11) is 1.58. The van der Waals surface area contributed by atoms with Crippen molar-refractivity contribution in [2.45, 2.75) is 20.1 Å². The van der Waals surface area contributed by atoms with Crippen molar-refractivity contribution >= 4 is 5.91 Å². The van der Waals surface area contributed by atoms with Crippen molar-refractivity contribution in [2.24, 2.45) is 5.41 Å². The van der Waals surface area contributed by atoms with Crippen LogP contribution < -0.4 is 10.1 Å². The summed E-state index contributed by atoms with van der Waals surface area (Å²) >= 11 is 0. The molecule has 0 radical (unpaired) electrons. The van der Waals surface area contributed by atoms with Crippen molar-refractivity contribution in [2.75, 3.05) is 40.1 Å². The molecule has 1 fully saturated rings. The van der Waals surface area contributed by atoms with E-state index in [1.807, 2.05) is 6.92 Å². The Labute approximate surface area is 202 Å². The van der Waals surface area contributed by atoms with E-state index < -0.39 is 6.29 Å². The normalized spacial score (nSPS) is 19.9. The minimum Gasteiger partial charge on any atom is -0.461 e. The molecule has 0 aliphatic carbocycles. The smallest absolute Gasteiger partial charge is 0.317 e. The molecule has 0 spiro atoms. The Bertz CT molecular complexity index is 1150. The Balaban J connectivity index is 1.61. The first-order chi connectivity index (χ1) is 16.9. The summed E-state index contributed by atoms with van der Waals surface area (Å²) in [6.07, 6.45) is 0.841. The molecule has 0 saturated carbocycles. The van der Waals surface area contributed by atoms with E-state index in [0.717, 1.165) is 0 Å². The third-order valence-electron chi connectivity index (χ3n) is 5.40. The minimum atomic E-state index is -0.743. The number of methoxy groups -OCH3 is 1. The van der Waals surface area contributed by atoms with Crippen LogP contribution in [0.15, 0.2) is 36.5 Å². The molecule has 3 aromatic rings. The lowest BCUT2D eigenvalue weighted by molar-refractivity contribution is -0.232. The van der Waals surface area contributed by atoms with Gasteiger partial charge in [-0.1, -0.05) is 6.92 Å². The van der Waals surface area contributed by atoms with Crippen LogP contribution in [-0.4, -0.2) is 65.9 Å². The number of imidazole rings is 1. The molecule has 1 aliphatic heterocycles. The zero-order chi connectivity index (χ0) is 24.8. The molecule has 2 aromatic heterocycles. The average molecular weight is 486 g/mol. The number of carbonyl (C=O) groups excluding carboxylic acids is 1. The number of nitrogens with one attached hydrogen (secondary N) is 2. The van der Waals surface area contributed by atoms with Crippen molar-refractivity contribution in [3.8, 4) is 28.7 Å². The fourth-order valence-electron chi connectivity index (χ4n) is 3.51. The van der Waals surface area contributed by atoms with Crippen molar-refractivity contribution in [1.29, 1.82) is 0 Å². The lowest BCUT2D eigenvalue weighted by Gasteiger charge is -2.36. The number of aromatic nitrogens is 4. The van der Waals surface area contributed by atoms with Gasteiger partial charge in [-0.2, -0.15) is 4.98 Å². The molecule has 3 heterocycles. The second-order valence-electron chi connectivity index (χ2n) is 8.59. The maximum atomic E-state index is 13.6. The zero-order valence-corrected chi connectivity index (χ0v) is 19.8. The predicted octanol–water partition coefficient (Wildman–Crippen LogP) is 2.89. The summed E-state index contributed by atoms with van der Waals surface area (Å²) in [5, 5.41) is 2.81. The van der Waals surface area contributed by atoms with E-state index in [0.29, 0.717) is 61.4 Å². The van der Waals surface area contributed by atoms with Gasteiger partial charge >= 0.3 is 6.01 Å². The quantitative estimate of drug-likeness (QED) is 0.444. The second-order valence-corrected chi connectivity index (χ2v) is 8.59. The van der Waals surface area contributed by atoms with E-state index in [2.05, 4.69) is 20.3 Å². The lowest BCUT2D eigenvalue weighted by atomic mass is 9.92. The number of benzene rings is 1. The first-order valence-electron chi connectivity index (χ1n) is 11.2. The molecular weight excluding hydrogens is 457 g/mol. The van der Waals surface area contributed by atoms with E-state index in [9.17, 15) is 9.18 Å². The predicted molar refractivity (Wildman–Crippen MR) is 124 cm³/mol. The molecule has 0 atom stereocenters. The van der Waals surface area contributed by atoms with Crippen LogP contribution in [0.1, 0.15) is 26.0 Å². The Kier molecular flexibility index (Phi) is 7.69. The summed E-state index contributed by atoms with van der Waals surface area (Å²) in [4.78, 5) is 27.9. The zero-order valence-electron chi connectivity index (χ0n) is 19.8. The fraction of sp³-hybridized carbons (Fsp3) is 0.417. The molecule has 2 N–H and O–H groups in total. The number of hydrogen-bond donors (Lipinski definition) is 2. The van der Waals surface area contributed by atoms with Gasteiger partial charge in [0, 0.05) is 37.8 Å². The molecule has 186 valence electrons. The van der Waals surface area contributed by atoms with Gasteiger partial charge in [0.05, 0.1) is 36.9 Å². The number of rotatable bonds is 9. The standard InChI is InChI=1S/C24H28FN5O5/c1-15(31)27-12-24(2)13-34-22(35-14-24)21-29-19(16-4-6-17(25)7-5-16)20(30-21)18-8-9-26-23(28-18)33-11-10-32-3/h4-9,22H,10-14H2,1-3H3,(H,27,31)(H,29,30). The van der Waals surface area contributed by atoms with Crippen LogP contribution in [-0.2, 0) is 19.0 Å². The van der Waals surface area contributed by atoms with E-state index in [-0.39, 0.29) is 23.1 Å². The van der Waals surface area contributed by atoms with Gasteiger partial charge < -0.3 is 29.2 Å². The summed E-state index contributed by atoms with van der Waals surface area (Å²) in [6.45, 7) is 5.32. The monoisotopic (exact) mass is 485 g/mol. The average Bonchev–Trinajstić information content (AvgIpc) is 3.30. The summed E-state index contributed by atoms with van der Waals surface area (Å²) < 4.78 is 36.0. The number of nitrogens with zero attached hydrogens (tertiary/aromatic N) is 3. The maximum Gasteiger partial charge on any atom is 0.317 e. The molecule has 1 amide bonds. The molecule has 1 aliphatic rings. The van der Waals surface area contributed by atoms with Gasteiger partial charge in [-0.05, 0) is 30.3 Å². The largest absolute Gasteiger partial charge is 0.461 e. The van der Waals surface area contributed by atoms with E-state index in [4.69, 9.17) is 23.9 Å². The molecule has 1 saturated heterocycles. The first-order valence-corrected chi connectivity index (χ1v) is 11.2. The first kappa shape index (κ1) is 24.7. The van der Waals surface area contributed by atoms with Gasteiger partial charge in [0.1, 0.15) is 12.4 Å². The van der Waals surface area contributed by atoms with Crippen LogP contribution in [0.2, 0.25) is 0 Å². The highest BCUT2D eigenvalue weighted by Crippen LogP contribution is 2.35. The Hall–Kier alpha value is -3.41. The van der Waals surface area contributed by atoms with Crippen LogP contribution in [0, 0.1) is 11.2 Å². The summed E-state index contributed by atoms with van der Waals surface area (Å²) in [6, 6.07) is 7.94. The Morgan fingerprint density at radius 2 is 1.94 bits per heavy atom. The Morgan fingerprint density at radius 1 is 1.20 bits per heavy atom. The third-order valence-corrected chi connectivity index (χ3v) is 5.40. The van der Waals surface area contributed by atoms with Crippen LogP contribution in [0.4, 0.5) is 4.39 Å². The van der Waals surface area contributed by atoms with Gasteiger partial charge in [-0.3, -0.25) is 4.79 Å². The number of ether oxygens (including phenoxy) is 4. The van der Waals surface area contributed by atoms with Crippen LogP contribution in [0.25, 0.3) is 22.6 Å². The number of hydrogen-bond acceptors (Lipinski definition) is 8. The van der Waals surface area contributed by atoms with Gasteiger partial charge in [0.25, 0.3) is 0 Å². The number of amides is 1. The molecule has 0 unspecified atom stereocenters. The molecule has 35 heavy (non-hydrogen) atoms. The van der Waals surface area contributed by atoms with E-state index >= 15 is 0 Å². The number of halogens is 1. The molecular formula is C24H28FN5O5. The van der Waals surface area contributed by atoms with Crippen molar-refractivity contribution in [3.05, 3.63) is 48.2 Å². The highest BCUT2D eigenvalue weighted by molar-refractivity contribution is 5.76. The van der Waals surface area contributed by atoms with E-state index in [1.54, 1.807) is 31.5 Å². The molecule has 4 rings (SSSR count). The third kappa shape index (κ3) is 6.18. The van der Waals surface area contributed by atoms with Crippen LogP contribution in [0.3, 0.4) is 0 Å². The lowest BCUT2D eigenvalue weighted by Crippen LogP contribution is -2.45. The highest BCUT2D eigenvalue weighted by atomic mass is 19.1. The number of carbonyl (C=O) groups is 1. The van der Waals surface area contributed by atoms with Gasteiger partial charge in [0.2, 0.25) is 12.2 Å². The van der Waals surface area contributed by atoms with Crippen LogP contribution in [0.5, 0.6) is 6.01 Å².